The van der Waals surface area contributed by atoms with Crippen LogP contribution < -0.4 is 0 Å². The Kier molecular flexibility index (Phi) is 6.85. The molecule has 0 amide bonds. The van der Waals surface area contributed by atoms with E-state index in [1.165, 1.54) is 22.9 Å². The molecule has 42 heavy (non-hydrogen) atoms. The van der Waals surface area contributed by atoms with Gasteiger partial charge in [-0.25, -0.2) is 0 Å². The van der Waals surface area contributed by atoms with E-state index >= 15 is 0 Å². The van der Waals surface area contributed by atoms with Gasteiger partial charge in [0, 0.05) is 0 Å². The zero-order chi connectivity index (χ0) is 29.5. The van der Waals surface area contributed by atoms with E-state index < -0.39 is 23.5 Å². The number of benzene rings is 6. The van der Waals surface area contributed by atoms with Gasteiger partial charge in [-0.15, -0.1) is 0 Å². The summed E-state index contributed by atoms with van der Waals surface area (Å²) in [6.07, 6.45) is -9.80. The Morgan fingerprint density at radius 1 is 0.286 bits per heavy atom. The van der Waals surface area contributed by atoms with Gasteiger partial charge in [-0.3, -0.25) is 0 Å². The molecule has 6 heteroatoms. The van der Waals surface area contributed by atoms with E-state index in [0.717, 1.165) is 45.5 Å². The molecular formula is C36H22F6. The third kappa shape index (κ3) is 5.66. The van der Waals surface area contributed by atoms with E-state index in [0.29, 0.717) is 0 Å². The molecule has 0 saturated carbocycles. The van der Waals surface area contributed by atoms with E-state index in [4.69, 9.17) is 0 Å². The topological polar surface area (TPSA) is 0 Å². The Morgan fingerprint density at radius 2 is 0.690 bits per heavy atom. The maximum Gasteiger partial charge on any atom is 0.416 e. The molecule has 0 aliphatic carbocycles. The quantitative estimate of drug-likeness (QED) is 0.186. The lowest BCUT2D eigenvalue weighted by molar-refractivity contribution is -0.143. The van der Waals surface area contributed by atoms with E-state index in [1.807, 2.05) is 36.4 Å². The van der Waals surface area contributed by atoms with Crippen LogP contribution in [0.1, 0.15) is 11.1 Å². The van der Waals surface area contributed by atoms with Gasteiger partial charge in [0.1, 0.15) is 0 Å². The summed E-state index contributed by atoms with van der Waals surface area (Å²) >= 11 is 0. The van der Waals surface area contributed by atoms with Crippen molar-refractivity contribution in [3.63, 3.8) is 0 Å². The van der Waals surface area contributed by atoms with Gasteiger partial charge in [0.05, 0.1) is 11.1 Å². The van der Waals surface area contributed by atoms with Gasteiger partial charge in [0.15, 0.2) is 0 Å². The lowest BCUT2D eigenvalue weighted by Crippen LogP contribution is -2.11. The average molecular weight is 569 g/mol. The van der Waals surface area contributed by atoms with Crippen LogP contribution >= 0.6 is 0 Å². The highest BCUT2D eigenvalue weighted by molar-refractivity contribution is 5.87. The number of hydrogen-bond donors (Lipinski definition) is 0. The van der Waals surface area contributed by atoms with Gasteiger partial charge >= 0.3 is 12.4 Å². The van der Waals surface area contributed by atoms with Crippen molar-refractivity contribution in [1.29, 1.82) is 0 Å². The molecular weight excluding hydrogens is 546 g/mol. The summed E-state index contributed by atoms with van der Waals surface area (Å²) in [5.74, 6) is 0. The summed E-state index contributed by atoms with van der Waals surface area (Å²) in [5.41, 5.74) is 3.31. The first-order valence-electron chi connectivity index (χ1n) is 13.1. The molecule has 6 aromatic rings. The van der Waals surface area contributed by atoms with E-state index in [-0.39, 0.29) is 17.2 Å². The van der Waals surface area contributed by atoms with Gasteiger partial charge < -0.3 is 0 Å². The maximum atomic E-state index is 13.3. The van der Waals surface area contributed by atoms with Crippen molar-refractivity contribution in [3.05, 3.63) is 145 Å². The lowest BCUT2D eigenvalue weighted by Gasteiger charge is -2.14. The normalized spacial score (nSPS) is 12.0. The summed E-state index contributed by atoms with van der Waals surface area (Å²) in [5, 5.41) is 2.36. The first-order chi connectivity index (χ1) is 20.0. The molecule has 0 saturated heterocycles. The second-order valence-electron chi connectivity index (χ2n) is 10.1. The molecule has 6 rings (SSSR count). The van der Waals surface area contributed by atoms with Crippen LogP contribution in [0, 0.1) is 0 Å². The van der Waals surface area contributed by atoms with Crippen molar-refractivity contribution >= 4 is 10.8 Å². The van der Waals surface area contributed by atoms with Crippen LogP contribution in [0.5, 0.6) is 0 Å². The number of alkyl halides is 6. The molecule has 6 aromatic carbocycles. The van der Waals surface area contributed by atoms with Gasteiger partial charge in [-0.2, -0.15) is 26.3 Å². The molecule has 208 valence electrons. The maximum absolute atomic E-state index is 13.3. The standard InChI is InChI=1S/C36H22F6/c37-35(38,39)33-20-32(21-34(22-33)36(40,41)42)27-14-12-25(13-15-27)30-7-3-6-29(18-30)24-8-10-26(11-9-24)31-17-16-23-4-1-2-5-28(23)19-31/h1-22H. The van der Waals surface area contributed by atoms with Crippen LogP contribution in [-0.2, 0) is 12.4 Å². The molecule has 0 nitrogen and oxygen atoms in total. The largest absolute Gasteiger partial charge is 0.416 e. The summed E-state index contributed by atoms with van der Waals surface area (Å²) in [6.45, 7) is 0. The zero-order valence-electron chi connectivity index (χ0n) is 22.0. The van der Waals surface area contributed by atoms with Crippen LogP contribution in [0.2, 0.25) is 0 Å². The highest BCUT2D eigenvalue weighted by Gasteiger charge is 2.37. The molecule has 0 aliphatic rings. The summed E-state index contributed by atoms with van der Waals surface area (Å²) < 4.78 is 79.9. The van der Waals surface area contributed by atoms with Crippen molar-refractivity contribution in [2.45, 2.75) is 12.4 Å². The minimum absolute atomic E-state index is 0.137. The van der Waals surface area contributed by atoms with Crippen molar-refractivity contribution in [1.82, 2.24) is 0 Å². The molecule has 0 bridgehead atoms. The summed E-state index contributed by atoms with van der Waals surface area (Å²) in [4.78, 5) is 0. The van der Waals surface area contributed by atoms with Crippen LogP contribution in [0.25, 0.3) is 55.3 Å². The molecule has 0 aliphatic heterocycles. The fourth-order valence-corrected chi connectivity index (χ4v) is 5.08. The fourth-order valence-electron chi connectivity index (χ4n) is 5.08. The average Bonchev–Trinajstić information content (AvgIpc) is 3.00. The predicted molar refractivity (Wildman–Crippen MR) is 156 cm³/mol. The Hall–Kier alpha value is -4.84. The summed E-state index contributed by atoms with van der Waals surface area (Å²) in [7, 11) is 0. The zero-order valence-corrected chi connectivity index (χ0v) is 22.0. The minimum Gasteiger partial charge on any atom is -0.166 e. The van der Waals surface area contributed by atoms with Crippen molar-refractivity contribution in [2.75, 3.05) is 0 Å². The van der Waals surface area contributed by atoms with Crippen molar-refractivity contribution < 1.29 is 26.3 Å². The van der Waals surface area contributed by atoms with Crippen LogP contribution in [-0.4, -0.2) is 0 Å². The Bertz CT molecular complexity index is 1850. The highest BCUT2D eigenvalue weighted by Crippen LogP contribution is 2.39. The molecule has 0 aromatic heterocycles. The van der Waals surface area contributed by atoms with Crippen LogP contribution in [0.3, 0.4) is 0 Å². The van der Waals surface area contributed by atoms with Gasteiger partial charge in [-0.1, -0.05) is 103 Å². The van der Waals surface area contributed by atoms with E-state index in [9.17, 15) is 26.3 Å². The fraction of sp³-hybridized carbons (Fsp3) is 0.0556. The summed E-state index contributed by atoms with van der Waals surface area (Å²) in [6, 6.07) is 38.8. The smallest absolute Gasteiger partial charge is 0.166 e. The second-order valence-corrected chi connectivity index (χ2v) is 10.1. The van der Waals surface area contributed by atoms with Gasteiger partial charge in [0.2, 0.25) is 0 Å². The molecule has 0 N–H and O–H groups in total. The number of halogens is 6. The molecule has 0 unspecified atom stereocenters. The molecule has 0 radical (unpaired) electrons. The third-order valence-electron chi connectivity index (χ3n) is 7.30. The van der Waals surface area contributed by atoms with Crippen LogP contribution in [0.15, 0.2) is 133 Å². The SMILES string of the molecule is FC(F)(F)c1cc(-c2ccc(-c3cccc(-c4ccc(-c5ccc6ccccc6c5)cc4)c3)cc2)cc(C(F)(F)F)c1. The first-order valence-corrected chi connectivity index (χ1v) is 13.1. The highest BCUT2D eigenvalue weighted by atomic mass is 19.4. The second kappa shape index (κ2) is 10.5. The van der Waals surface area contributed by atoms with Crippen molar-refractivity contribution in [2.24, 2.45) is 0 Å². The number of hydrogen-bond acceptors (Lipinski definition) is 0. The van der Waals surface area contributed by atoms with E-state index in [2.05, 4.69) is 54.6 Å². The van der Waals surface area contributed by atoms with Gasteiger partial charge in [-0.05, 0) is 85.6 Å². The Morgan fingerprint density at radius 3 is 1.17 bits per heavy atom. The lowest BCUT2D eigenvalue weighted by atomic mass is 9.95. The predicted octanol–water partition coefficient (Wildman–Crippen LogP) is 11.5. The minimum atomic E-state index is -4.90. The number of fused-ring (bicyclic) bond motifs is 1. The molecule has 0 spiro atoms. The number of rotatable bonds is 4. The Labute approximate surface area is 238 Å². The Balaban J connectivity index is 1.27. The molecule has 0 heterocycles. The first kappa shape index (κ1) is 27.3. The van der Waals surface area contributed by atoms with Crippen LogP contribution in [0.4, 0.5) is 26.3 Å². The van der Waals surface area contributed by atoms with Gasteiger partial charge in [0.25, 0.3) is 0 Å². The van der Waals surface area contributed by atoms with E-state index in [1.54, 1.807) is 12.1 Å². The molecule has 0 fully saturated rings. The third-order valence-corrected chi connectivity index (χ3v) is 7.30. The molecule has 0 atom stereocenters. The monoisotopic (exact) mass is 568 g/mol. The van der Waals surface area contributed by atoms with Crippen molar-refractivity contribution in [3.8, 4) is 44.5 Å².